The SMILES string of the molecule is CC(C)(C)OC(=O)N[C@@H]1CCCC[C@H]1c1nnc(-c2ccccc2)o1. The minimum absolute atomic E-state index is 0.0197. The van der Waals surface area contributed by atoms with Crippen molar-refractivity contribution in [2.24, 2.45) is 0 Å². The number of rotatable bonds is 3. The molecule has 1 aliphatic carbocycles. The first-order valence-corrected chi connectivity index (χ1v) is 8.81. The minimum atomic E-state index is -0.515. The van der Waals surface area contributed by atoms with Crippen molar-refractivity contribution in [3.05, 3.63) is 36.2 Å². The number of ether oxygens (including phenoxy) is 1. The van der Waals surface area contributed by atoms with E-state index in [1.54, 1.807) is 0 Å². The Morgan fingerprint density at radius 1 is 1.16 bits per heavy atom. The Morgan fingerprint density at radius 3 is 2.60 bits per heavy atom. The summed E-state index contributed by atoms with van der Waals surface area (Å²) in [6, 6.07) is 9.65. The molecule has 1 N–H and O–H groups in total. The number of hydrogen-bond donors (Lipinski definition) is 1. The van der Waals surface area contributed by atoms with Gasteiger partial charge in [0, 0.05) is 11.6 Å². The van der Waals surface area contributed by atoms with Gasteiger partial charge in [-0.3, -0.25) is 0 Å². The lowest BCUT2D eigenvalue weighted by atomic mass is 9.84. The number of aromatic nitrogens is 2. The third-order valence-corrected chi connectivity index (χ3v) is 4.25. The maximum Gasteiger partial charge on any atom is 0.407 e. The zero-order valence-corrected chi connectivity index (χ0v) is 15.0. The van der Waals surface area contributed by atoms with E-state index in [4.69, 9.17) is 9.15 Å². The highest BCUT2D eigenvalue weighted by molar-refractivity contribution is 5.68. The van der Waals surface area contributed by atoms with Gasteiger partial charge in [-0.2, -0.15) is 0 Å². The van der Waals surface area contributed by atoms with Crippen LogP contribution in [0.1, 0.15) is 58.3 Å². The number of hydrogen-bond acceptors (Lipinski definition) is 5. The lowest BCUT2D eigenvalue weighted by Crippen LogP contribution is -2.43. The number of carbonyl (C=O) groups excluding carboxylic acids is 1. The smallest absolute Gasteiger partial charge is 0.407 e. The summed E-state index contributed by atoms with van der Waals surface area (Å²) in [4.78, 5) is 12.1. The zero-order valence-electron chi connectivity index (χ0n) is 15.0. The van der Waals surface area contributed by atoms with Crippen molar-refractivity contribution in [2.45, 2.75) is 64.0 Å². The molecule has 1 heterocycles. The normalized spacial score (nSPS) is 20.9. The van der Waals surface area contributed by atoms with E-state index >= 15 is 0 Å². The molecule has 1 saturated carbocycles. The minimum Gasteiger partial charge on any atom is -0.444 e. The molecule has 3 rings (SSSR count). The first-order chi connectivity index (χ1) is 11.9. The molecule has 0 bridgehead atoms. The molecule has 0 saturated heterocycles. The van der Waals surface area contributed by atoms with Crippen LogP contribution in [0.3, 0.4) is 0 Å². The van der Waals surface area contributed by atoms with E-state index in [9.17, 15) is 4.79 Å². The molecule has 2 atom stereocenters. The highest BCUT2D eigenvalue weighted by atomic mass is 16.6. The lowest BCUT2D eigenvalue weighted by molar-refractivity contribution is 0.0481. The average molecular weight is 343 g/mol. The Hall–Kier alpha value is -2.37. The van der Waals surface area contributed by atoms with Gasteiger partial charge in [0.15, 0.2) is 0 Å². The fraction of sp³-hybridized carbons (Fsp3) is 0.526. The van der Waals surface area contributed by atoms with Crippen molar-refractivity contribution in [3.8, 4) is 11.5 Å². The summed E-state index contributed by atoms with van der Waals surface area (Å²) in [5.74, 6) is 1.11. The van der Waals surface area contributed by atoms with Gasteiger partial charge >= 0.3 is 6.09 Å². The number of benzene rings is 1. The van der Waals surface area contributed by atoms with Gasteiger partial charge in [-0.25, -0.2) is 4.79 Å². The second-order valence-electron chi connectivity index (χ2n) is 7.46. The molecule has 1 fully saturated rings. The van der Waals surface area contributed by atoms with E-state index in [-0.39, 0.29) is 12.0 Å². The highest BCUT2D eigenvalue weighted by Gasteiger charge is 2.33. The Morgan fingerprint density at radius 2 is 1.88 bits per heavy atom. The van der Waals surface area contributed by atoms with E-state index in [2.05, 4.69) is 15.5 Å². The Balaban J connectivity index is 1.73. The Labute approximate surface area is 148 Å². The van der Waals surface area contributed by atoms with Crippen LogP contribution in [0.25, 0.3) is 11.5 Å². The number of alkyl carbamates (subject to hydrolysis) is 1. The summed E-state index contributed by atoms with van der Waals surface area (Å²) < 4.78 is 11.3. The van der Waals surface area contributed by atoms with Gasteiger partial charge in [0.2, 0.25) is 11.8 Å². The lowest BCUT2D eigenvalue weighted by Gasteiger charge is -2.30. The standard InChI is InChI=1S/C19H25N3O3/c1-19(2,3)25-18(23)20-15-12-8-7-11-14(15)17-22-21-16(24-17)13-9-5-4-6-10-13/h4-6,9-10,14-15H,7-8,11-12H2,1-3H3,(H,20,23)/t14-,15-/m1/s1. The molecule has 1 aromatic carbocycles. The summed E-state index contributed by atoms with van der Waals surface area (Å²) >= 11 is 0. The van der Waals surface area contributed by atoms with Crippen LogP contribution in [-0.2, 0) is 4.74 Å². The fourth-order valence-electron chi connectivity index (χ4n) is 3.14. The molecule has 0 aliphatic heterocycles. The number of nitrogens with one attached hydrogen (secondary N) is 1. The number of nitrogens with zero attached hydrogens (tertiary/aromatic N) is 2. The monoisotopic (exact) mass is 343 g/mol. The maximum atomic E-state index is 12.1. The Kier molecular flexibility index (Phi) is 5.06. The molecular formula is C19H25N3O3. The Bertz CT molecular complexity index is 706. The van der Waals surface area contributed by atoms with E-state index in [0.717, 1.165) is 31.2 Å². The van der Waals surface area contributed by atoms with Crippen molar-refractivity contribution in [3.63, 3.8) is 0 Å². The third kappa shape index (κ3) is 4.59. The first-order valence-electron chi connectivity index (χ1n) is 8.81. The van der Waals surface area contributed by atoms with Crippen LogP contribution in [0.2, 0.25) is 0 Å². The summed E-state index contributed by atoms with van der Waals surface area (Å²) in [6.07, 6.45) is 3.55. The number of carbonyl (C=O) groups is 1. The van der Waals surface area contributed by atoms with E-state index in [1.807, 2.05) is 51.1 Å². The molecule has 25 heavy (non-hydrogen) atoms. The van der Waals surface area contributed by atoms with Gasteiger partial charge in [0.05, 0.1) is 5.92 Å². The highest BCUT2D eigenvalue weighted by Crippen LogP contribution is 2.33. The van der Waals surface area contributed by atoms with Gasteiger partial charge in [0.1, 0.15) is 5.60 Å². The molecule has 0 radical (unpaired) electrons. The summed E-state index contributed by atoms with van der Waals surface area (Å²) in [5, 5.41) is 11.4. The molecule has 6 nitrogen and oxygen atoms in total. The van der Waals surface area contributed by atoms with Gasteiger partial charge < -0.3 is 14.5 Å². The van der Waals surface area contributed by atoms with Crippen molar-refractivity contribution < 1.29 is 13.9 Å². The predicted octanol–water partition coefficient (Wildman–Crippen LogP) is 4.29. The molecular weight excluding hydrogens is 318 g/mol. The van der Waals surface area contributed by atoms with Crippen LogP contribution in [0.15, 0.2) is 34.7 Å². The molecule has 1 aliphatic rings. The van der Waals surface area contributed by atoms with Crippen LogP contribution in [-0.4, -0.2) is 27.9 Å². The molecule has 134 valence electrons. The van der Waals surface area contributed by atoms with E-state index in [0.29, 0.717) is 11.8 Å². The first kappa shape index (κ1) is 17.5. The summed E-state index contributed by atoms with van der Waals surface area (Å²) in [6.45, 7) is 5.57. The summed E-state index contributed by atoms with van der Waals surface area (Å²) in [5.41, 5.74) is 0.382. The van der Waals surface area contributed by atoms with Crippen LogP contribution < -0.4 is 5.32 Å². The molecule has 1 amide bonds. The third-order valence-electron chi connectivity index (χ3n) is 4.25. The van der Waals surface area contributed by atoms with Crippen LogP contribution >= 0.6 is 0 Å². The van der Waals surface area contributed by atoms with Crippen LogP contribution in [0.5, 0.6) is 0 Å². The van der Waals surface area contributed by atoms with Crippen molar-refractivity contribution in [2.75, 3.05) is 0 Å². The van der Waals surface area contributed by atoms with E-state index in [1.165, 1.54) is 0 Å². The van der Waals surface area contributed by atoms with Gasteiger partial charge in [0.25, 0.3) is 0 Å². The van der Waals surface area contributed by atoms with Gasteiger partial charge in [-0.1, -0.05) is 31.0 Å². The van der Waals surface area contributed by atoms with Crippen molar-refractivity contribution >= 4 is 6.09 Å². The van der Waals surface area contributed by atoms with E-state index < -0.39 is 11.7 Å². The predicted molar refractivity (Wildman–Crippen MR) is 94.1 cm³/mol. The molecule has 6 heteroatoms. The molecule has 2 aromatic rings. The average Bonchev–Trinajstić information content (AvgIpc) is 3.04. The maximum absolute atomic E-state index is 12.1. The second-order valence-corrected chi connectivity index (χ2v) is 7.46. The van der Waals surface area contributed by atoms with Crippen molar-refractivity contribution in [1.82, 2.24) is 15.5 Å². The second kappa shape index (κ2) is 7.25. The topological polar surface area (TPSA) is 77.2 Å². The number of amides is 1. The summed E-state index contributed by atoms with van der Waals surface area (Å²) in [7, 11) is 0. The largest absolute Gasteiger partial charge is 0.444 e. The van der Waals surface area contributed by atoms with Gasteiger partial charge in [-0.05, 0) is 45.7 Å². The van der Waals surface area contributed by atoms with Crippen molar-refractivity contribution in [1.29, 1.82) is 0 Å². The zero-order chi connectivity index (χ0) is 17.9. The fourth-order valence-corrected chi connectivity index (χ4v) is 3.14. The molecule has 0 spiro atoms. The van der Waals surface area contributed by atoms with Crippen LogP contribution in [0, 0.1) is 0 Å². The quantitative estimate of drug-likeness (QED) is 0.899. The van der Waals surface area contributed by atoms with Gasteiger partial charge in [-0.15, -0.1) is 10.2 Å². The van der Waals surface area contributed by atoms with Crippen LogP contribution in [0.4, 0.5) is 4.79 Å². The molecule has 1 aromatic heterocycles. The molecule has 0 unspecified atom stereocenters.